The molecule has 16 heteroatoms. The molecule has 0 spiro atoms. The lowest BCUT2D eigenvalue weighted by Gasteiger charge is -2.15. The molecule has 0 saturated carbocycles. The lowest BCUT2D eigenvalue weighted by atomic mass is 10.2. The van der Waals surface area contributed by atoms with E-state index in [9.17, 15) is 27.9 Å². The van der Waals surface area contributed by atoms with Crippen molar-refractivity contribution in [1.29, 1.82) is 0 Å². The summed E-state index contributed by atoms with van der Waals surface area (Å²) in [5, 5.41) is 21.6. The summed E-state index contributed by atoms with van der Waals surface area (Å²) in [5.41, 5.74) is -0.204. The van der Waals surface area contributed by atoms with Crippen LogP contribution in [0.2, 0.25) is 10.0 Å². The van der Waals surface area contributed by atoms with Gasteiger partial charge in [-0.25, -0.2) is 23.9 Å². The molecule has 1 fully saturated rings. The zero-order valence-electron chi connectivity index (χ0n) is 19.6. The monoisotopic (exact) mass is 583 g/mol. The highest BCUT2D eigenvalue weighted by Crippen LogP contribution is 2.26. The topological polar surface area (TPSA) is 129 Å². The predicted octanol–water partition coefficient (Wildman–Crippen LogP) is 3.35. The first-order chi connectivity index (χ1) is 18.5. The number of aromatic nitrogens is 6. The highest BCUT2D eigenvalue weighted by molar-refractivity contribution is 6.32. The van der Waals surface area contributed by atoms with Crippen molar-refractivity contribution in [1.82, 2.24) is 34.4 Å². The van der Waals surface area contributed by atoms with Crippen LogP contribution in [0.25, 0.3) is 17.1 Å². The Morgan fingerprint density at radius 1 is 1.10 bits per heavy atom. The van der Waals surface area contributed by atoms with Crippen LogP contribution in [-0.4, -0.2) is 59.2 Å². The Morgan fingerprint density at radius 3 is 2.46 bits per heavy atom. The number of nitrogens with one attached hydrogen (secondary N) is 1. The number of carbonyl (C=O) groups is 1. The molecule has 4 aromatic rings. The quantitative estimate of drug-likeness (QED) is 0.341. The third-order valence-electron chi connectivity index (χ3n) is 5.79. The summed E-state index contributed by atoms with van der Waals surface area (Å²) in [4.78, 5) is 29.3. The highest BCUT2D eigenvalue weighted by Gasteiger charge is 2.39. The number of nitrogens with zero attached hydrogens (tertiary/aromatic N) is 6. The van der Waals surface area contributed by atoms with E-state index < -0.39 is 36.6 Å². The Labute approximate surface area is 227 Å². The van der Waals surface area contributed by atoms with Crippen LogP contribution >= 0.6 is 23.2 Å². The van der Waals surface area contributed by atoms with E-state index in [1.807, 2.05) is 0 Å². The first kappa shape index (κ1) is 26.7. The number of cyclic esters (lactones) is 1. The van der Waals surface area contributed by atoms with Crippen LogP contribution in [0.3, 0.4) is 0 Å². The maximum atomic E-state index is 13.2. The molecule has 0 bridgehead atoms. The fraction of sp³-hybridized carbons (Fsp3) is 0.261. The molecule has 1 aliphatic rings. The number of alkyl halides is 3. The summed E-state index contributed by atoms with van der Waals surface area (Å²) in [6.45, 7) is -1.47. The van der Waals surface area contributed by atoms with Crippen molar-refractivity contribution in [3.8, 4) is 17.1 Å². The van der Waals surface area contributed by atoms with Crippen molar-refractivity contribution in [2.24, 2.45) is 0 Å². The number of ether oxygens (including phenoxy) is 1. The fourth-order valence-electron chi connectivity index (χ4n) is 3.92. The molecule has 1 aliphatic heterocycles. The van der Waals surface area contributed by atoms with E-state index in [2.05, 4.69) is 20.5 Å². The summed E-state index contributed by atoms with van der Waals surface area (Å²) in [6, 6.07) is 12.0. The Hall–Kier alpha value is -3.88. The Balaban J connectivity index is 1.57. The van der Waals surface area contributed by atoms with Gasteiger partial charge in [-0.15, -0.1) is 10.2 Å². The van der Waals surface area contributed by atoms with Crippen LogP contribution in [-0.2, 0) is 17.8 Å². The molecule has 5 rings (SSSR count). The van der Waals surface area contributed by atoms with Crippen LogP contribution in [0.4, 0.5) is 18.0 Å². The molecule has 1 saturated heterocycles. The molecule has 11 nitrogen and oxygen atoms in total. The Kier molecular flexibility index (Phi) is 7.09. The number of para-hydroxylation sites is 1. The number of aliphatic hydroxyl groups is 1. The highest BCUT2D eigenvalue weighted by atomic mass is 35.5. The van der Waals surface area contributed by atoms with Crippen LogP contribution in [0.15, 0.2) is 53.3 Å². The smallest absolute Gasteiger partial charge is 0.416 e. The molecule has 204 valence electrons. The van der Waals surface area contributed by atoms with Crippen molar-refractivity contribution >= 4 is 29.3 Å². The summed E-state index contributed by atoms with van der Waals surface area (Å²) < 4.78 is 47.4. The molecular weight excluding hydrogens is 566 g/mol. The normalized spacial score (nSPS) is 16.3. The Morgan fingerprint density at radius 2 is 1.82 bits per heavy atom. The standard InChI is InChI=1S/C23H18Cl2F3N7O4/c24-13-7-5-12(6-8-13)19-32-34(22(38)33(19)9-17(36)23(26,27)28)10-18-30-20(15-11-39-21(37)29-15)35(31-18)16-4-2-1-3-14(16)25/h1-8,15,17,36H,9-11H2,(H,29,37). The number of hydrogen-bond acceptors (Lipinski definition) is 7. The molecule has 0 radical (unpaired) electrons. The van der Waals surface area contributed by atoms with Crippen LogP contribution in [0.5, 0.6) is 0 Å². The molecule has 2 unspecified atom stereocenters. The first-order valence-corrected chi connectivity index (χ1v) is 12.1. The van der Waals surface area contributed by atoms with Gasteiger partial charge in [0.25, 0.3) is 0 Å². The molecule has 2 aromatic heterocycles. The minimum Gasteiger partial charge on any atom is -0.447 e. The maximum absolute atomic E-state index is 13.2. The second kappa shape index (κ2) is 10.4. The lowest BCUT2D eigenvalue weighted by molar-refractivity contribution is -0.207. The lowest BCUT2D eigenvalue weighted by Crippen LogP contribution is -2.37. The molecule has 2 aromatic carbocycles. The summed E-state index contributed by atoms with van der Waals surface area (Å²) in [6.07, 6.45) is -8.42. The number of aliphatic hydroxyl groups excluding tert-OH is 1. The van der Waals surface area contributed by atoms with E-state index in [-0.39, 0.29) is 30.6 Å². The number of rotatable bonds is 7. The molecule has 39 heavy (non-hydrogen) atoms. The first-order valence-electron chi connectivity index (χ1n) is 11.3. The maximum Gasteiger partial charge on any atom is 0.416 e. The third kappa shape index (κ3) is 5.48. The summed E-state index contributed by atoms with van der Waals surface area (Å²) in [7, 11) is 0. The van der Waals surface area contributed by atoms with Crippen molar-refractivity contribution in [2.45, 2.75) is 31.4 Å². The number of hydrogen-bond donors (Lipinski definition) is 2. The zero-order valence-corrected chi connectivity index (χ0v) is 21.2. The number of carbonyl (C=O) groups excluding carboxylic acids is 1. The molecule has 2 atom stereocenters. The molecule has 0 aliphatic carbocycles. The Bertz CT molecular complexity index is 1580. The van der Waals surface area contributed by atoms with Gasteiger partial charge in [0.05, 0.1) is 17.3 Å². The molecule has 3 heterocycles. The zero-order chi connectivity index (χ0) is 27.9. The van der Waals surface area contributed by atoms with Crippen molar-refractivity contribution in [2.75, 3.05) is 6.61 Å². The van der Waals surface area contributed by atoms with E-state index in [4.69, 9.17) is 27.9 Å². The van der Waals surface area contributed by atoms with Crippen LogP contribution in [0.1, 0.15) is 17.7 Å². The van der Waals surface area contributed by atoms with E-state index in [0.717, 1.165) is 9.25 Å². The van der Waals surface area contributed by atoms with Gasteiger partial charge >= 0.3 is 18.0 Å². The van der Waals surface area contributed by atoms with E-state index >= 15 is 0 Å². The van der Waals surface area contributed by atoms with Gasteiger partial charge in [0.1, 0.15) is 19.2 Å². The van der Waals surface area contributed by atoms with Gasteiger partial charge in [-0.3, -0.25) is 4.57 Å². The number of halogens is 5. The fourth-order valence-corrected chi connectivity index (χ4v) is 4.26. The van der Waals surface area contributed by atoms with Gasteiger partial charge in [-0.1, -0.05) is 35.3 Å². The molecule has 2 N–H and O–H groups in total. The SMILES string of the molecule is O=C1NC(c2nc(Cn3nc(-c4ccc(Cl)cc4)n(CC(O)C(F)(F)F)c3=O)nn2-c2ccccc2Cl)CO1. The second-order valence-electron chi connectivity index (χ2n) is 8.48. The summed E-state index contributed by atoms with van der Waals surface area (Å²) in [5.74, 6) is 0.181. The molecule has 1 amide bonds. The van der Waals surface area contributed by atoms with E-state index in [1.165, 1.54) is 28.9 Å². The van der Waals surface area contributed by atoms with Crippen molar-refractivity contribution < 1.29 is 27.8 Å². The minimum absolute atomic E-state index is 0.0357. The van der Waals surface area contributed by atoms with Gasteiger partial charge in [0, 0.05) is 10.6 Å². The van der Waals surface area contributed by atoms with Gasteiger partial charge in [0.15, 0.2) is 23.6 Å². The van der Waals surface area contributed by atoms with Gasteiger partial charge in [0.2, 0.25) is 0 Å². The minimum atomic E-state index is -4.96. The van der Waals surface area contributed by atoms with Crippen LogP contribution < -0.4 is 11.0 Å². The van der Waals surface area contributed by atoms with E-state index in [1.54, 1.807) is 24.3 Å². The van der Waals surface area contributed by atoms with Crippen LogP contribution in [0, 0.1) is 0 Å². The predicted molar refractivity (Wildman–Crippen MR) is 132 cm³/mol. The molecular formula is C23H18Cl2F3N7O4. The van der Waals surface area contributed by atoms with Gasteiger partial charge in [-0.2, -0.15) is 13.2 Å². The number of benzene rings is 2. The largest absolute Gasteiger partial charge is 0.447 e. The average Bonchev–Trinajstić information content (AvgIpc) is 3.58. The number of amides is 1. The average molecular weight is 584 g/mol. The van der Waals surface area contributed by atoms with Gasteiger partial charge in [-0.05, 0) is 36.4 Å². The van der Waals surface area contributed by atoms with Crippen molar-refractivity contribution in [3.05, 3.63) is 80.7 Å². The van der Waals surface area contributed by atoms with E-state index in [0.29, 0.717) is 21.3 Å². The summed E-state index contributed by atoms with van der Waals surface area (Å²) >= 11 is 12.3. The van der Waals surface area contributed by atoms with Gasteiger partial charge < -0.3 is 15.2 Å². The third-order valence-corrected chi connectivity index (χ3v) is 6.36. The second-order valence-corrected chi connectivity index (χ2v) is 9.33. The van der Waals surface area contributed by atoms with Crippen molar-refractivity contribution in [3.63, 3.8) is 0 Å². The number of alkyl carbamates (subject to hydrolysis) is 1.